The molecular formula is C29H32BrClN2O6. The van der Waals surface area contributed by atoms with Crippen molar-refractivity contribution in [3.05, 3.63) is 75.4 Å². The lowest BCUT2D eigenvalue weighted by atomic mass is 10.1. The molecule has 0 radical (unpaired) electrons. The molecule has 10 heteroatoms. The predicted octanol–water partition coefficient (Wildman–Crippen LogP) is 7.04. The number of para-hydroxylation sites is 1. The van der Waals surface area contributed by atoms with Gasteiger partial charge in [0.05, 0.1) is 41.2 Å². The number of benzene rings is 2. The molecule has 0 fully saturated rings. The van der Waals surface area contributed by atoms with Crippen LogP contribution in [0.5, 0.6) is 0 Å². The Kier molecular flexibility index (Phi) is 10.2. The van der Waals surface area contributed by atoms with Crippen LogP contribution in [0.4, 0.5) is 4.79 Å². The van der Waals surface area contributed by atoms with E-state index in [9.17, 15) is 14.4 Å². The van der Waals surface area contributed by atoms with Gasteiger partial charge in [-0.3, -0.25) is 9.69 Å². The molecule has 0 N–H and O–H groups in total. The highest BCUT2D eigenvalue weighted by Crippen LogP contribution is 2.40. The lowest BCUT2D eigenvalue weighted by molar-refractivity contribution is -0.144. The molecule has 3 aromatic rings. The zero-order chi connectivity index (χ0) is 28.7. The first kappa shape index (κ1) is 30.2. The first-order chi connectivity index (χ1) is 18.5. The Bertz CT molecular complexity index is 1320. The van der Waals surface area contributed by atoms with E-state index in [1.807, 2.05) is 47.0 Å². The van der Waals surface area contributed by atoms with Crippen molar-refractivity contribution in [3.8, 4) is 16.9 Å². The third-order valence-corrected chi connectivity index (χ3v) is 6.46. The molecule has 0 atom stereocenters. The van der Waals surface area contributed by atoms with Crippen LogP contribution in [0.25, 0.3) is 16.9 Å². The molecule has 2 aromatic carbocycles. The highest BCUT2D eigenvalue weighted by molar-refractivity contribution is 9.10. The number of ether oxygens (including phenoxy) is 3. The molecule has 1 heterocycles. The molecule has 0 aliphatic heterocycles. The van der Waals surface area contributed by atoms with Crippen LogP contribution in [0.1, 0.15) is 50.7 Å². The average Bonchev–Trinajstić information content (AvgIpc) is 3.15. The molecule has 0 aliphatic carbocycles. The number of hydrogen-bond acceptors (Lipinski definition) is 6. The summed E-state index contributed by atoms with van der Waals surface area (Å²) in [5.74, 6) is -1.18. The van der Waals surface area contributed by atoms with Gasteiger partial charge in [-0.2, -0.15) is 0 Å². The fraction of sp³-hybridized carbons (Fsp3) is 0.345. The van der Waals surface area contributed by atoms with Crippen LogP contribution < -0.4 is 0 Å². The fourth-order valence-corrected chi connectivity index (χ4v) is 4.85. The van der Waals surface area contributed by atoms with Gasteiger partial charge in [0.15, 0.2) is 0 Å². The maximum Gasteiger partial charge on any atom is 0.411 e. The van der Waals surface area contributed by atoms with Gasteiger partial charge in [-0.15, -0.1) is 0 Å². The van der Waals surface area contributed by atoms with E-state index in [-0.39, 0.29) is 31.9 Å². The number of hydrogen-bond donors (Lipinski definition) is 0. The minimum atomic E-state index is -0.815. The standard InChI is InChI=1S/C29H32BrClN2O6/c1-6-37-23(34)18-32(28(36)39-29(3,4)5)17-22-24(27(35)38-7-2)25(30)26(19-13-15-20(31)16-14-19)33(22)21-11-9-8-10-12-21/h8-16H,6-7,17-18H2,1-5H3. The minimum Gasteiger partial charge on any atom is -0.465 e. The maximum atomic E-state index is 13.4. The van der Waals surface area contributed by atoms with Crippen molar-refractivity contribution >= 4 is 45.6 Å². The smallest absolute Gasteiger partial charge is 0.411 e. The molecule has 3 rings (SSSR count). The second kappa shape index (κ2) is 13.2. The maximum absolute atomic E-state index is 13.4. The number of nitrogens with zero attached hydrogens (tertiary/aromatic N) is 2. The second-order valence-electron chi connectivity index (χ2n) is 9.52. The molecule has 0 saturated carbocycles. The summed E-state index contributed by atoms with van der Waals surface area (Å²) in [7, 11) is 0. The Balaban J connectivity index is 2.30. The average molecular weight is 620 g/mol. The number of carbonyl (C=O) groups is 3. The van der Waals surface area contributed by atoms with Crippen molar-refractivity contribution < 1.29 is 28.6 Å². The molecule has 0 unspecified atom stereocenters. The van der Waals surface area contributed by atoms with E-state index in [4.69, 9.17) is 25.8 Å². The molecule has 0 aliphatic rings. The van der Waals surface area contributed by atoms with Crippen LogP contribution in [0.15, 0.2) is 59.1 Å². The summed E-state index contributed by atoms with van der Waals surface area (Å²) < 4.78 is 18.5. The summed E-state index contributed by atoms with van der Waals surface area (Å²) in [5.41, 5.74) is 1.98. The van der Waals surface area contributed by atoms with Crippen LogP contribution in [-0.2, 0) is 25.5 Å². The summed E-state index contributed by atoms with van der Waals surface area (Å²) in [5, 5.41) is 0.559. The van der Waals surface area contributed by atoms with E-state index >= 15 is 0 Å². The summed E-state index contributed by atoms with van der Waals surface area (Å²) in [4.78, 5) is 40.4. The van der Waals surface area contributed by atoms with E-state index < -0.39 is 23.6 Å². The second-order valence-corrected chi connectivity index (χ2v) is 10.8. The largest absolute Gasteiger partial charge is 0.465 e. The Labute approximate surface area is 241 Å². The van der Waals surface area contributed by atoms with Gasteiger partial charge in [-0.05, 0) is 80.4 Å². The van der Waals surface area contributed by atoms with E-state index in [0.717, 1.165) is 11.3 Å². The number of esters is 2. The van der Waals surface area contributed by atoms with Gasteiger partial charge in [0, 0.05) is 10.7 Å². The lowest BCUT2D eigenvalue weighted by Crippen LogP contribution is -2.40. The Hall–Kier alpha value is -3.30. The normalized spacial score (nSPS) is 11.2. The SMILES string of the molecule is CCOC(=O)CN(Cc1c(C(=O)OCC)c(Br)c(-c2ccc(Cl)cc2)n1-c1ccccc1)C(=O)OC(C)(C)C. The van der Waals surface area contributed by atoms with Gasteiger partial charge in [-0.25, -0.2) is 9.59 Å². The first-order valence-electron chi connectivity index (χ1n) is 12.5. The summed E-state index contributed by atoms with van der Waals surface area (Å²) >= 11 is 9.81. The summed E-state index contributed by atoms with van der Waals surface area (Å²) in [6.07, 6.45) is -0.727. The summed E-state index contributed by atoms with van der Waals surface area (Å²) in [6, 6.07) is 16.6. The molecule has 0 bridgehead atoms. The Morgan fingerprint density at radius 3 is 2.13 bits per heavy atom. The molecule has 1 aromatic heterocycles. The van der Waals surface area contributed by atoms with Crippen LogP contribution in [0.2, 0.25) is 5.02 Å². The topological polar surface area (TPSA) is 87.1 Å². The van der Waals surface area contributed by atoms with Gasteiger partial charge in [0.25, 0.3) is 0 Å². The minimum absolute atomic E-state index is 0.149. The van der Waals surface area contributed by atoms with Crippen molar-refractivity contribution in [2.75, 3.05) is 19.8 Å². The highest BCUT2D eigenvalue weighted by Gasteiger charge is 2.33. The monoisotopic (exact) mass is 618 g/mol. The molecule has 0 spiro atoms. The van der Waals surface area contributed by atoms with Crippen molar-refractivity contribution in [1.82, 2.24) is 9.47 Å². The van der Waals surface area contributed by atoms with E-state index in [1.165, 1.54) is 4.90 Å². The predicted molar refractivity (Wildman–Crippen MR) is 153 cm³/mol. The molecular weight excluding hydrogens is 588 g/mol. The van der Waals surface area contributed by atoms with E-state index in [0.29, 0.717) is 20.9 Å². The third-order valence-electron chi connectivity index (χ3n) is 5.44. The Morgan fingerprint density at radius 1 is 0.949 bits per heavy atom. The quantitative estimate of drug-likeness (QED) is 0.189. The van der Waals surface area contributed by atoms with E-state index in [1.54, 1.807) is 46.8 Å². The van der Waals surface area contributed by atoms with Gasteiger partial charge in [-0.1, -0.05) is 41.9 Å². The van der Waals surface area contributed by atoms with Crippen molar-refractivity contribution in [2.45, 2.75) is 46.8 Å². The molecule has 208 valence electrons. The van der Waals surface area contributed by atoms with Gasteiger partial charge in [0.1, 0.15) is 12.1 Å². The van der Waals surface area contributed by atoms with Crippen molar-refractivity contribution in [3.63, 3.8) is 0 Å². The van der Waals surface area contributed by atoms with Crippen molar-refractivity contribution in [1.29, 1.82) is 0 Å². The molecule has 0 saturated heterocycles. The van der Waals surface area contributed by atoms with Crippen LogP contribution >= 0.6 is 27.5 Å². The number of halogens is 2. The van der Waals surface area contributed by atoms with Gasteiger partial charge < -0.3 is 18.8 Å². The zero-order valence-corrected chi connectivity index (χ0v) is 25.0. The van der Waals surface area contributed by atoms with Crippen LogP contribution in [0, 0.1) is 0 Å². The summed E-state index contributed by atoms with van der Waals surface area (Å²) in [6.45, 7) is 8.38. The molecule has 8 nitrogen and oxygen atoms in total. The van der Waals surface area contributed by atoms with Gasteiger partial charge in [0.2, 0.25) is 0 Å². The van der Waals surface area contributed by atoms with Gasteiger partial charge >= 0.3 is 18.0 Å². The van der Waals surface area contributed by atoms with E-state index in [2.05, 4.69) is 15.9 Å². The highest BCUT2D eigenvalue weighted by atomic mass is 79.9. The first-order valence-corrected chi connectivity index (χ1v) is 13.7. The Morgan fingerprint density at radius 2 is 1.56 bits per heavy atom. The third kappa shape index (κ3) is 7.64. The number of carbonyl (C=O) groups excluding carboxylic acids is 3. The number of aromatic nitrogens is 1. The number of rotatable bonds is 9. The lowest BCUT2D eigenvalue weighted by Gasteiger charge is -2.27. The molecule has 39 heavy (non-hydrogen) atoms. The van der Waals surface area contributed by atoms with Crippen LogP contribution in [0.3, 0.4) is 0 Å². The van der Waals surface area contributed by atoms with Crippen LogP contribution in [-0.4, -0.2) is 52.9 Å². The van der Waals surface area contributed by atoms with Crippen molar-refractivity contribution in [2.24, 2.45) is 0 Å². The number of amides is 1. The fourth-order valence-electron chi connectivity index (χ4n) is 3.93. The molecule has 1 amide bonds. The zero-order valence-electron chi connectivity index (χ0n) is 22.6.